The lowest BCUT2D eigenvalue weighted by atomic mass is 9.94. The molecule has 2 bridgehead atoms. The van der Waals surface area contributed by atoms with Crippen LogP contribution in [0.4, 0.5) is 4.39 Å². The summed E-state index contributed by atoms with van der Waals surface area (Å²) in [6, 6.07) is 11.6. The fourth-order valence-corrected chi connectivity index (χ4v) is 4.80. The maximum absolute atomic E-state index is 13.3. The van der Waals surface area contributed by atoms with Crippen LogP contribution in [-0.2, 0) is 6.54 Å². The van der Waals surface area contributed by atoms with Crippen LogP contribution >= 0.6 is 0 Å². The van der Waals surface area contributed by atoms with Gasteiger partial charge in [-0.05, 0) is 61.4 Å². The number of hydrogen-bond donors (Lipinski definition) is 0. The van der Waals surface area contributed by atoms with Crippen molar-refractivity contribution in [2.75, 3.05) is 19.6 Å². The molecular formula is C22H26FN3O. The zero-order valence-electron chi connectivity index (χ0n) is 15.6. The lowest BCUT2D eigenvalue weighted by Crippen LogP contribution is -2.47. The number of aromatic nitrogens is 1. The summed E-state index contributed by atoms with van der Waals surface area (Å²) in [6.45, 7) is 3.61. The Labute approximate surface area is 159 Å². The van der Waals surface area contributed by atoms with Crippen molar-refractivity contribution >= 4 is 5.91 Å². The third kappa shape index (κ3) is 3.41. The van der Waals surface area contributed by atoms with Crippen LogP contribution in [-0.4, -0.2) is 46.0 Å². The van der Waals surface area contributed by atoms with Gasteiger partial charge < -0.3 is 9.47 Å². The van der Waals surface area contributed by atoms with E-state index in [-0.39, 0.29) is 17.8 Å². The number of fused-ring (bicyclic) bond motifs is 4. The van der Waals surface area contributed by atoms with Gasteiger partial charge in [0.1, 0.15) is 11.5 Å². The topological polar surface area (TPSA) is 28.5 Å². The molecule has 6 rings (SSSR count). The first-order valence-electron chi connectivity index (χ1n) is 10.1. The van der Waals surface area contributed by atoms with E-state index >= 15 is 0 Å². The van der Waals surface area contributed by atoms with E-state index in [9.17, 15) is 9.18 Å². The Morgan fingerprint density at radius 2 is 1.74 bits per heavy atom. The number of halogens is 1. The fraction of sp³-hybridized carbons (Fsp3) is 0.500. The number of carbonyl (C=O) groups excluding carboxylic acids is 1. The lowest BCUT2D eigenvalue weighted by Gasteiger charge is -2.36. The average Bonchev–Trinajstić information content (AvgIpc) is 3.46. The molecular weight excluding hydrogens is 341 g/mol. The molecule has 0 spiro atoms. The van der Waals surface area contributed by atoms with Gasteiger partial charge in [0.05, 0.1) is 0 Å². The summed E-state index contributed by atoms with van der Waals surface area (Å²) < 4.78 is 15.4. The lowest BCUT2D eigenvalue weighted by molar-refractivity contribution is 0.0573. The van der Waals surface area contributed by atoms with Gasteiger partial charge in [-0.15, -0.1) is 0 Å². The minimum atomic E-state index is -0.190. The van der Waals surface area contributed by atoms with Crippen LogP contribution in [0.1, 0.15) is 47.8 Å². The van der Waals surface area contributed by atoms with Gasteiger partial charge in [-0.1, -0.05) is 12.1 Å². The summed E-state index contributed by atoms with van der Waals surface area (Å²) in [5.41, 5.74) is 1.99. The second kappa shape index (κ2) is 6.79. The molecule has 5 heteroatoms. The van der Waals surface area contributed by atoms with Crippen molar-refractivity contribution in [2.45, 2.75) is 44.3 Å². The standard InChI is InChI=1S/C22H26FN3O/c23-18-6-3-16(4-7-18)12-24-13-17-5-8-20(15-24)26(14-17)22(27)21-2-1-11-25(21)19-9-10-19/h1-4,6-7,11,17,19-20H,5,8-10,12-15H2/t17-,20+/m0/s1. The van der Waals surface area contributed by atoms with Crippen molar-refractivity contribution in [1.29, 1.82) is 0 Å². The van der Waals surface area contributed by atoms with Crippen LogP contribution < -0.4 is 0 Å². The highest BCUT2D eigenvalue weighted by Crippen LogP contribution is 2.37. The molecule has 2 atom stereocenters. The normalized spacial score (nSPS) is 25.6. The summed E-state index contributed by atoms with van der Waals surface area (Å²) >= 11 is 0. The molecule has 1 saturated carbocycles. The van der Waals surface area contributed by atoms with E-state index < -0.39 is 0 Å². The molecule has 4 fully saturated rings. The van der Waals surface area contributed by atoms with E-state index in [1.807, 2.05) is 24.3 Å². The number of carbonyl (C=O) groups is 1. The molecule has 1 aromatic heterocycles. The van der Waals surface area contributed by atoms with Gasteiger partial charge in [0.25, 0.3) is 5.91 Å². The number of hydrogen-bond acceptors (Lipinski definition) is 2. The SMILES string of the molecule is O=C(c1cccn1C1CC1)N1C[C@H]2CC[C@@H]1CN(Cc1ccc(F)cc1)C2. The van der Waals surface area contributed by atoms with Crippen LogP contribution in [0, 0.1) is 11.7 Å². The predicted octanol–water partition coefficient (Wildman–Crippen LogP) is 3.70. The van der Waals surface area contributed by atoms with Gasteiger partial charge in [-0.25, -0.2) is 4.39 Å². The zero-order valence-corrected chi connectivity index (χ0v) is 15.6. The van der Waals surface area contributed by atoms with Crippen LogP contribution in [0.3, 0.4) is 0 Å². The van der Waals surface area contributed by atoms with E-state index in [4.69, 9.17) is 0 Å². The highest BCUT2D eigenvalue weighted by Gasteiger charge is 2.38. The number of amides is 1. The molecule has 1 amide bonds. The van der Waals surface area contributed by atoms with Gasteiger partial charge in [-0.3, -0.25) is 9.69 Å². The molecule has 142 valence electrons. The molecule has 4 nitrogen and oxygen atoms in total. The second-order valence-corrected chi connectivity index (χ2v) is 8.41. The molecule has 0 radical (unpaired) electrons. The van der Waals surface area contributed by atoms with Gasteiger partial charge >= 0.3 is 0 Å². The van der Waals surface area contributed by atoms with Crippen molar-refractivity contribution in [1.82, 2.24) is 14.4 Å². The first-order valence-corrected chi connectivity index (χ1v) is 10.1. The van der Waals surface area contributed by atoms with E-state index in [1.54, 1.807) is 0 Å². The second-order valence-electron chi connectivity index (χ2n) is 8.41. The molecule has 0 N–H and O–H groups in total. The molecule has 0 unspecified atom stereocenters. The van der Waals surface area contributed by atoms with Crippen molar-refractivity contribution in [3.63, 3.8) is 0 Å². The highest BCUT2D eigenvalue weighted by molar-refractivity contribution is 5.93. The van der Waals surface area contributed by atoms with E-state index in [1.165, 1.54) is 31.4 Å². The number of benzene rings is 1. The van der Waals surface area contributed by atoms with E-state index in [0.29, 0.717) is 12.0 Å². The Balaban J connectivity index is 1.32. The van der Waals surface area contributed by atoms with E-state index in [0.717, 1.165) is 43.9 Å². The van der Waals surface area contributed by atoms with Gasteiger partial charge in [0, 0.05) is 44.5 Å². The smallest absolute Gasteiger partial charge is 0.270 e. The van der Waals surface area contributed by atoms with E-state index in [2.05, 4.69) is 20.6 Å². The Kier molecular flexibility index (Phi) is 4.27. The van der Waals surface area contributed by atoms with Crippen LogP contribution in [0.2, 0.25) is 0 Å². The maximum Gasteiger partial charge on any atom is 0.270 e. The Bertz CT molecular complexity index is 826. The Hall–Kier alpha value is -2.14. The minimum absolute atomic E-state index is 0.190. The van der Waals surface area contributed by atoms with Gasteiger partial charge in [-0.2, -0.15) is 0 Å². The number of rotatable bonds is 4. The first-order chi connectivity index (χ1) is 13.2. The van der Waals surface area contributed by atoms with Crippen molar-refractivity contribution < 1.29 is 9.18 Å². The summed E-state index contributed by atoms with van der Waals surface area (Å²) in [4.78, 5) is 17.9. The number of piperidine rings is 1. The summed E-state index contributed by atoms with van der Waals surface area (Å²) in [7, 11) is 0. The van der Waals surface area contributed by atoms with Crippen LogP contribution in [0.5, 0.6) is 0 Å². The highest BCUT2D eigenvalue weighted by atomic mass is 19.1. The molecule has 2 aromatic rings. The van der Waals surface area contributed by atoms with Crippen molar-refractivity contribution in [3.05, 3.63) is 59.7 Å². The Morgan fingerprint density at radius 3 is 2.52 bits per heavy atom. The molecule has 4 aliphatic rings. The molecule has 3 saturated heterocycles. The zero-order chi connectivity index (χ0) is 18.4. The average molecular weight is 367 g/mol. The molecule has 3 aliphatic heterocycles. The third-order valence-electron chi connectivity index (χ3n) is 6.31. The minimum Gasteiger partial charge on any atom is -0.340 e. The molecule has 1 aromatic carbocycles. The fourth-order valence-electron chi connectivity index (χ4n) is 4.80. The largest absolute Gasteiger partial charge is 0.340 e. The first kappa shape index (κ1) is 17.0. The summed E-state index contributed by atoms with van der Waals surface area (Å²) in [5.74, 6) is 0.535. The molecule has 4 heterocycles. The van der Waals surface area contributed by atoms with Crippen LogP contribution in [0.15, 0.2) is 42.6 Å². The third-order valence-corrected chi connectivity index (χ3v) is 6.31. The van der Waals surface area contributed by atoms with Gasteiger partial charge in [0.2, 0.25) is 0 Å². The molecule has 1 aliphatic carbocycles. The summed E-state index contributed by atoms with van der Waals surface area (Å²) in [6.07, 6.45) is 6.71. The maximum atomic E-state index is 13.3. The van der Waals surface area contributed by atoms with Crippen molar-refractivity contribution in [2.24, 2.45) is 5.92 Å². The Morgan fingerprint density at radius 1 is 0.963 bits per heavy atom. The quantitative estimate of drug-likeness (QED) is 0.824. The summed E-state index contributed by atoms with van der Waals surface area (Å²) in [5, 5.41) is 0. The number of nitrogens with zero attached hydrogens (tertiary/aromatic N) is 3. The monoisotopic (exact) mass is 367 g/mol. The van der Waals surface area contributed by atoms with Crippen LogP contribution in [0.25, 0.3) is 0 Å². The predicted molar refractivity (Wildman–Crippen MR) is 102 cm³/mol. The molecule has 27 heavy (non-hydrogen) atoms. The van der Waals surface area contributed by atoms with Crippen molar-refractivity contribution in [3.8, 4) is 0 Å². The van der Waals surface area contributed by atoms with Gasteiger partial charge in [0.15, 0.2) is 0 Å².